The van der Waals surface area contributed by atoms with E-state index in [0.717, 1.165) is 61.7 Å². The van der Waals surface area contributed by atoms with Crippen LogP contribution >= 0.6 is 0 Å². The minimum Gasteiger partial charge on any atom is -0.455 e. The third kappa shape index (κ3) is 4.71. The number of rotatable bonds is 7. The van der Waals surface area contributed by atoms with Crippen LogP contribution in [0.3, 0.4) is 0 Å². The van der Waals surface area contributed by atoms with E-state index < -0.39 is 0 Å². The van der Waals surface area contributed by atoms with Gasteiger partial charge in [-0.25, -0.2) is 9.97 Å². The average Bonchev–Trinajstić information content (AvgIpc) is 3.81. The SMILES string of the molecule is CC(C)c1cccc(C(C)C)c1-n1c(-c2cccc(Oc3cccc4c3nc3n(-c5ccccc5)c5ccccc5n43)c2)nc2ccccc21. The van der Waals surface area contributed by atoms with Crippen LogP contribution in [0.2, 0.25) is 0 Å². The number of hydrogen-bond donors (Lipinski definition) is 0. The molecular formula is C44H37N5O. The summed E-state index contributed by atoms with van der Waals surface area (Å²) in [5.41, 5.74) is 11.9. The fraction of sp³-hybridized carbons (Fsp3) is 0.136. The molecule has 0 N–H and O–H groups in total. The second kappa shape index (κ2) is 11.8. The Morgan fingerprint density at radius 2 is 1.18 bits per heavy atom. The zero-order chi connectivity index (χ0) is 33.9. The first-order chi connectivity index (χ1) is 24.5. The summed E-state index contributed by atoms with van der Waals surface area (Å²) in [5, 5.41) is 0. The molecule has 6 heteroatoms. The third-order valence-corrected chi connectivity index (χ3v) is 9.66. The largest absolute Gasteiger partial charge is 0.455 e. The van der Waals surface area contributed by atoms with E-state index in [0.29, 0.717) is 17.6 Å². The Bertz CT molecular complexity index is 2670. The Morgan fingerprint density at radius 3 is 1.94 bits per heavy atom. The summed E-state index contributed by atoms with van der Waals surface area (Å²) in [6.45, 7) is 9.06. The lowest BCUT2D eigenvalue weighted by molar-refractivity contribution is 0.487. The molecule has 0 atom stereocenters. The Balaban J connectivity index is 1.20. The van der Waals surface area contributed by atoms with Crippen molar-refractivity contribution in [2.24, 2.45) is 0 Å². The van der Waals surface area contributed by atoms with Gasteiger partial charge in [-0.1, -0.05) is 107 Å². The van der Waals surface area contributed by atoms with Crippen LogP contribution in [-0.4, -0.2) is 23.5 Å². The first-order valence-corrected chi connectivity index (χ1v) is 17.3. The van der Waals surface area contributed by atoms with Gasteiger partial charge in [0.05, 0.1) is 33.3 Å². The number of ether oxygens (including phenoxy) is 1. The minimum atomic E-state index is 0.342. The molecule has 50 heavy (non-hydrogen) atoms. The van der Waals surface area contributed by atoms with Crippen molar-refractivity contribution in [2.75, 3.05) is 0 Å². The van der Waals surface area contributed by atoms with Gasteiger partial charge in [-0.3, -0.25) is 13.5 Å². The first-order valence-electron chi connectivity index (χ1n) is 17.3. The molecule has 3 heterocycles. The highest BCUT2D eigenvalue weighted by atomic mass is 16.5. The van der Waals surface area contributed by atoms with Crippen molar-refractivity contribution < 1.29 is 4.74 Å². The highest BCUT2D eigenvalue weighted by Crippen LogP contribution is 2.39. The number of hydrogen-bond acceptors (Lipinski definition) is 3. The molecule has 0 saturated heterocycles. The van der Waals surface area contributed by atoms with Crippen LogP contribution in [0, 0.1) is 0 Å². The first kappa shape index (κ1) is 30.0. The van der Waals surface area contributed by atoms with Crippen LogP contribution in [0.4, 0.5) is 0 Å². The smallest absolute Gasteiger partial charge is 0.220 e. The maximum atomic E-state index is 6.73. The predicted molar refractivity (Wildman–Crippen MR) is 204 cm³/mol. The molecule has 0 saturated carbocycles. The zero-order valence-corrected chi connectivity index (χ0v) is 28.6. The van der Waals surface area contributed by atoms with Gasteiger partial charge in [-0.05, 0) is 83.6 Å². The van der Waals surface area contributed by atoms with Crippen LogP contribution in [0.5, 0.6) is 11.5 Å². The Hall–Kier alpha value is -6.14. The van der Waals surface area contributed by atoms with Gasteiger partial charge in [0.2, 0.25) is 5.78 Å². The fourth-order valence-electron chi connectivity index (χ4n) is 7.35. The molecule has 244 valence electrons. The summed E-state index contributed by atoms with van der Waals surface area (Å²) >= 11 is 0. The number of benzene rings is 6. The van der Waals surface area contributed by atoms with Crippen molar-refractivity contribution in [3.05, 3.63) is 151 Å². The molecule has 0 unspecified atom stereocenters. The van der Waals surface area contributed by atoms with Crippen molar-refractivity contribution in [1.82, 2.24) is 23.5 Å². The molecule has 0 aliphatic heterocycles. The normalized spacial score (nSPS) is 12.0. The molecule has 0 amide bonds. The van der Waals surface area contributed by atoms with Gasteiger partial charge >= 0.3 is 0 Å². The number of aromatic nitrogens is 5. The standard InChI is InChI=1S/C44H37N5O/c1-28(2)33-19-13-20-34(29(3)4)42(33)49-36-22-9-8-21-35(36)45-43(49)30-15-12-18-32(27-30)50-40-26-14-25-39-41(40)46-44-47(31-16-6-5-7-17-31)37-23-10-11-24-38(37)48(39)44/h5-29H,1-4H3. The molecule has 0 spiro atoms. The molecule has 0 aliphatic rings. The number of para-hydroxylation sites is 7. The average molecular weight is 652 g/mol. The molecular weight excluding hydrogens is 615 g/mol. The van der Waals surface area contributed by atoms with Gasteiger partial charge in [-0.15, -0.1) is 0 Å². The Kier molecular flexibility index (Phi) is 7.06. The Morgan fingerprint density at radius 1 is 0.540 bits per heavy atom. The molecule has 6 aromatic carbocycles. The van der Waals surface area contributed by atoms with E-state index in [1.54, 1.807) is 0 Å². The maximum absolute atomic E-state index is 6.73. The van der Waals surface area contributed by atoms with Crippen LogP contribution in [0.25, 0.3) is 61.6 Å². The second-order valence-electron chi connectivity index (χ2n) is 13.5. The number of nitrogens with zero attached hydrogens (tertiary/aromatic N) is 5. The second-order valence-corrected chi connectivity index (χ2v) is 13.5. The summed E-state index contributed by atoms with van der Waals surface area (Å²) in [6.07, 6.45) is 0. The van der Waals surface area contributed by atoms with Crippen molar-refractivity contribution in [3.8, 4) is 34.3 Å². The van der Waals surface area contributed by atoms with Crippen molar-refractivity contribution >= 4 is 38.9 Å². The topological polar surface area (TPSA) is 49.3 Å². The van der Waals surface area contributed by atoms with Crippen LogP contribution in [0.1, 0.15) is 50.7 Å². The summed E-state index contributed by atoms with van der Waals surface area (Å²) in [5.74, 6) is 3.84. The van der Waals surface area contributed by atoms with E-state index in [9.17, 15) is 0 Å². The molecule has 0 aliphatic carbocycles. The highest BCUT2D eigenvalue weighted by molar-refractivity contribution is 5.94. The number of fused-ring (bicyclic) bond motifs is 6. The summed E-state index contributed by atoms with van der Waals surface area (Å²) in [6, 6.07) is 48.4. The molecule has 0 bridgehead atoms. The highest BCUT2D eigenvalue weighted by Gasteiger charge is 2.23. The van der Waals surface area contributed by atoms with Crippen molar-refractivity contribution in [2.45, 2.75) is 39.5 Å². The van der Waals surface area contributed by atoms with E-state index in [1.807, 2.05) is 30.3 Å². The lowest BCUT2D eigenvalue weighted by Gasteiger charge is -2.22. The quantitative estimate of drug-likeness (QED) is 0.172. The molecule has 0 fully saturated rings. The van der Waals surface area contributed by atoms with Crippen LogP contribution in [0.15, 0.2) is 140 Å². The minimum absolute atomic E-state index is 0.342. The summed E-state index contributed by atoms with van der Waals surface area (Å²) < 4.78 is 13.5. The van der Waals surface area contributed by atoms with Gasteiger partial charge < -0.3 is 4.74 Å². The molecule has 9 aromatic rings. The van der Waals surface area contributed by atoms with Gasteiger partial charge in [0.1, 0.15) is 17.1 Å². The number of imidazole rings is 3. The van der Waals surface area contributed by atoms with Crippen LogP contribution < -0.4 is 4.74 Å². The van der Waals surface area contributed by atoms with Crippen LogP contribution in [-0.2, 0) is 0 Å². The van der Waals surface area contributed by atoms with Crippen molar-refractivity contribution in [3.63, 3.8) is 0 Å². The van der Waals surface area contributed by atoms with E-state index in [-0.39, 0.29) is 0 Å². The van der Waals surface area contributed by atoms with Crippen molar-refractivity contribution in [1.29, 1.82) is 0 Å². The van der Waals surface area contributed by atoms with E-state index in [2.05, 4.69) is 150 Å². The van der Waals surface area contributed by atoms with E-state index in [4.69, 9.17) is 14.7 Å². The van der Waals surface area contributed by atoms with Gasteiger partial charge in [-0.2, -0.15) is 0 Å². The molecule has 3 aromatic heterocycles. The lowest BCUT2D eigenvalue weighted by Crippen LogP contribution is -2.08. The van der Waals surface area contributed by atoms with E-state index in [1.165, 1.54) is 16.8 Å². The van der Waals surface area contributed by atoms with Gasteiger partial charge in [0.25, 0.3) is 0 Å². The molecule has 0 radical (unpaired) electrons. The van der Waals surface area contributed by atoms with Gasteiger partial charge in [0.15, 0.2) is 5.75 Å². The zero-order valence-electron chi connectivity index (χ0n) is 28.6. The lowest BCUT2D eigenvalue weighted by atomic mass is 9.92. The maximum Gasteiger partial charge on any atom is 0.220 e. The predicted octanol–water partition coefficient (Wildman–Crippen LogP) is 11.5. The fourth-order valence-corrected chi connectivity index (χ4v) is 7.35. The summed E-state index contributed by atoms with van der Waals surface area (Å²) in [7, 11) is 0. The van der Waals surface area contributed by atoms with E-state index >= 15 is 0 Å². The third-order valence-electron chi connectivity index (χ3n) is 9.66. The Labute approximate surface area is 290 Å². The molecule has 9 rings (SSSR count). The van der Waals surface area contributed by atoms with Gasteiger partial charge in [0, 0.05) is 11.3 Å². The monoisotopic (exact) mass is 651 g/mol. The summed E-state index contributed by atoms with van der Waals surface area (Å²) in [4.78, 5) is 10.5. The molecule has 6 nitrogen and oxygen atoms in total.